The molecule has 1 saturated carbocycles. The lowest BCUT2D eigenvalue weighted by Crippen LogP contribution is -2.44. The van der Waals surface area contributed by atoms with E-state index >= 15 is 0 Å². The van der Waals surface area contributed by atoms with E-state index in [1.807, 2.05) is 40.8 Å². The summed E-state index contributed by atoms with van der Waals surface area (Å²) in [5.74, 6) is 0.0635. The second kappa shape index (κ2) is 6.92. The van der Waals surface area contributed by atoms with Crippen molar-refractivity contribution in [2.45, 2.75) is 45.4 Å². The molecule has 5 rings (SSSR count). The Hall–Kier alpha value is -2.79. The fourth-order valence-electron chi connectivity index (χ4n) is 4.06. The van der Waals surface area contributed by atoms with E-state index in [4.69, 9.17) is 16.7 Å². The molecule has 5 nitrogen and oxygen atoms in total. The molecule has 0 saturated heterocycles. The molecule has 6 heteroatoms. The molecule has 0 unspecified atom stereocenters. The number of anilines is 1. The Balaban J connectivity index is 1.53. The molecule has 1 N–H and O–H groups in total. The van der Waals surface area contributed by atoms with Gasteiger partial charge in [0.05, 0.1) is 23.4 Å². The van der Waals surface area contributed by atoms with Crippen molar-refractivity contribution in [2.75, 3.05) is 5.32 Å². The van der Waals surface area contributed by atoms with Gasteiger partial charge in [-0.1, -0.05) is 53.6 Å². The number of nitrogens with zero attached hydrogens (tertiary/aromatic N) is 3. The first-order chi connectivity index (χ1) is 14.0. The van der Waals surface area contributed by atoms with Gasteiger partial charge in [0, 0.05) is 11.7 Å². The molecule has 1 aliphatic heterocycles. The fourth-order valence-corrected chi connectivity index (χ4v) is 4.40. The van der Waals surface area contributed by atoms with E-state index in [-0.39, 0.29) is 18.1 Å². The highest BCUT2D eigenvalue weighted by Gasteiger charge is 2.43. The maximum Gasteiger partial charge on any atom is 0.258 e. The first-order valence-electron chi connectivity index (χ1n) is 9.99. The fraction of sp³-hybridized carbons (Fsp3) is 0.304. The van der Waals surface area contributed by atoms with Crippen LogP contribution in [0.2, 0.25) is 5.15 Å². The van der Waals surface area contributed by atoms with E-state index in [0.717, 1.165) is 40.9 Å². The van der Waals surface area contributed by atoms with Gasteiger partial charge in [0.2, 0.25) is 0 Å². The van der Waals surface area contributed by atoms with Crippen molar-refractivity contribution in [2.24, 2.45) is 0 Å². The van der Waals surface area contributed by atoms with Crippen molar-refractivity contribution in [3.05, 3.63) is 81.6 Å². The quantitative estimate of drug-likeness (QED) is 0.668. The number of fused-ring (bicyclic) bond motifs is 1. The predicted molar refractivity (Wildman–Crippen MR) is 114 cm³/mol. The number of carbonyl (C=O) groups excluding carboxylic acids is 1. The highest BCUT2D eigenvalue weighted by atomic mass is 35.5. The SMILES string of the molecule is Cc1ccc(Cn2nc(C)c([C@H]3Nc4ccccc4C(=O)N3C3CC3)c2Cl)cc1. The molecule has 1 aliphatic carbocycles. The normalized spacial score (nSPS) is 18.5. The van der Waals surface area contributed by atoms with Crippen LogP contribution >= 0.6 is 11.6 Å². The maximum atomic E-state index is 13.2. The number of hydrogen-bond acceptors (Lipinski definition) is 3. The van der Waals surface area contributed by atoms with Crippen LogP contribution in [-0.4, -0.2) is 26.6 Å². The average molecular weight is 407 g/mol. The molecule has 29 heavy (non-hydrogen) atoms. The molecule has 148 valence electrons. The molecular weight excluding hydrogens is 384 g/mol. The van der Waals surface area contributed by atoms with E-state index in [9.17, 15) is 4.79 Å². The number of hydrogen-bond donors (Lipinski definition) is 1. The minimum absolute atomic E-state index is 0.0635. The van der Waals surface area contributed by atoms with Crippen molar-refractivity contribution >= 4 is 23.2 Å². The lowest BCUT2D eigenvalue weighted by Gasteiger charge is -2.38. The smallest absolute Gasteiger partial charge is 0.258 e. The summed E-state index contributed by atoms with van der Waals surface area (Å²) in [5.41, 5.74) is 5.66. The Kier molecular flexibility index (Phi) is 4.36. The standard InChI is InChI=1S/C23H23ClN4O/c1-14-7-9-16(10-8-14)13-27-21(24)20(15(2)26-27)22-25-19-6-4-3-5-18(19)23(29)28(22)17-11-12-17/h3-10,17,22,25H,11-13H2,1-2H3/t22-/m0/s1. The molecule has 2 heterocycles. The minimum Gasteiger partial charge on any atom is -0.361 e. The van der Waals surface area contributed by atoms with E-state index in [0.29, 0.717) is 11.7 Å². The third-order valence-corrected chi connectivity index (χ3v) is 6.14. The van der Waals surface area contributed by atoms with Crippen LogP contribution in [0.5, 0.6) is 0 Å². The number of amides is 1. The summed E-state index contributed by atoms with van der Waals surface area (Å²) in [4.78, 5) is 15.2. The minimum atomic E-state index is -0.302. The maximum absolute atomic E-state index is 13.2. The van der Waals surface area contributed by atoms with Gasteiger partial charge < -0.3 is 10.2 Å². The average Bonchev–Trinajstić information content (AvgIpc) is 3.50. The van der Waals surface area contributed by atoms with Gasteiger partial charge in [0.25, 0.3) is 5.91 Å². The number of benzene rings is 2. The van der Waals surface area contributed by atoms with Gasteiger partial charge in [-0.3, -0.25) is 4.79 Å². The summed E-state index contributed by atoms with van der Waals surface area (Å²) >= 11 is 6.83. The van der Waals surface area contributed by atoms with Gasteiger partial charge >= 0.3 is 0 Å². The molecule has 2 aliphatic rings. The molecule has 1 aromatic heterocycles. The van der Waals surface area contributed by atoms with E-state index < -0.39 is 0 Å². The molecule has 0 bridgehead atoms. The summed E-state index contributed by atoms with van der Waals surface area (Å²) in [7, 11) is 0. The lowest BCUT2D eigenvalue weighted by molar-refractivity contribution is 0.0666. The van der Waals surface area contributed by atoms with Crippen LogP contribution in [0.25, 0.3) is 0 Å². The summed E-state index contributed by atoms with van der Waals surface area (Å²) in [6.45, 7) is 4.63. The number of nitrogens with one attached hydrogen (secondary N) is 1. The second-order valence-corrected chi connectivity index (χ2v) is 8.33. The van der Waals surface area contributed by atoms with Gasteiger partial charge in [-0.25, -0.2) is 4.68 Å². The zero-order valence-electron chi connectivity index (χ0n) is 16.5. The topological polar surface area (TPSA) is 50.2 Å². The zero-order valence-corrected chi connectivity index (χ0v) is 17.3. The van der Waals surface area contributed by atoms with Crippen LogP contribution in [0.4, 0.5) is 5.69 Å². The highest BCUT2D eigenvalue weighted by molar-refractivity contribution is 6.30. The van der Waals surface area contributed by atoms with E-state index in [2.05, 4.69) is 36.5 Å². The van der Waals surface area contributed by atoms with Crippen LogP contribution in [0.1, 0.15) is 51.7 Å². The number of rotatable bonds is 4. The monoisotopic (exact) mass is 406 g/mol. The molecule has 1 atom stereocenters. The predicted octanol–water partition coefficient (Wildman–Crippen LogP) is 4.93. The number of para-hydroxylation sites is 1. The van der Waals surface area contributed by atoms with Gasteiger partial charge in [-0.2, -0.15) is 5.10 Å². The molecule has 0 radical (unpaired) electrons. The molecule has 1 fully saturated rings. The first-order valence-corrected chi connectivity index (χ1v) is 10.4. The number of aryl methyl sites for hydroxylation is 2. The summed E-state index contributed by atoms with van der Waals surface area (Å²) < 4.78 is 1.83. The summed E-state index contributed by atoms with van der Waals surface area (Å²) in [6.07, 6.45) is 1.75. The third-order valence-electron chi connectivity index (χ3n) is 5.74. The number of carbonyl (C=O) groups is 1. The Bertz CT molecular complexity index is 1080. The molecule has 1 amide bonds. The van der Waals surface area contributed by atoms with Crippen LogP contribution in [-0.2, 0) is 6.54 Å². The van der Waals surface area contributed by atoms with E-state index in [1.165, 1.54) is 5.56 Å². The summed E-state index contributed by atoms with van der Waals surface area (Å²) in [5, 5.41) is 8.84. The molecule has 3 aromatic rings. The van der Waals surface area contributed by atoms with Gasteiger partial charge in [0.15, 0.2) is 0 Å². The summed E-state index contributed by atoms with van der Waals surface area (Å²) in [6, 6.07) is 16.3. The largest absolute Gasteiger partial charge is 0.361 e. The third kappa shape index (κ3) is 3.19. The molecule has 2 aromatic carbocycles. The van der Waals surface area contributed by atoms with Crippen molar-refractivity contribution in [3.63, 3.8) is 0 Å². The van der Waals surface area contributed by atoms with Crippen molar-refractivity contribution < 1.29 is 4.79 Å². The van der Waals surface area contributed by atoms with Gasteiger partial charge in [-0.15, -0.1) is 0 Å². The van der Waals surface area contributed by atoms with Crippen molar-refractivity contribution in [3.8, 4) is 0 Å². The Morgan fingerprint density at radius 1 is 1.10 bits per heavy atom. The number of halogens is 1. The first kappa shape index (κ1) is 18.3. The Labute approximate surface area is 175 Å². The van der Waals surface area contributed by atoms with Crippen LogP contribution < -0.4 is 5.32 Å². The molecular formula is C23H23ClN4O. The van der Waals surface area contributed by atoms with Crippen LogP contribution in [0.15, 0.2) is 48.5 Å². The van der Waals surface area contributed by atoms with Gasteiger partial charge in [0.1, 0.15) is 11.3 Å². The number of aromatic nitrogens is 2. The van der Waals surface area contributed by atoms with E-state index in [1.54, 1.807) is 0 Å². The zero-order chi connectivity index (χ0) is 20.1. The Morgan fingerprint density at radius 3 is 2.55 bits per heavy atom. The molecule has 0 spiro atoms. The van der Waals surface area contributed by atoms with Crippen LogP contribution in [0.3, 0.4) is 0 Å². The van der Waals surface area contributed by atoms with Crippen molar-refractivity contribution in [1.29, 1.82) is 0 Å². The van der Waals surface area contributed by atoms with Crippen molar-refractivity contribution in [1.82, 2.24) is 14.7 Å². The Morgan fingerprint density at radius 2 is 1.83 bits per heavy atom. The second-order valence-electron chi connectivity index (χ2n) is 7.97. The van der Waals surface area contributed by atoms with Crippen LogP contribution in [0, 0.1) is 13.8 Å². The highest BCUT2D eigenvalue weighted by Crippen LogP contribution is 2.43. The lowest BCUT2D eigenvalue weighted by atomic mass is 10.0. The van der Waals surface area contributed by atoms with Gasteiger partial charge in [-0.05, 0) is 44.4 Å².